The summed E-state index contributed by atoms with van der Waals surface area (Å²) in [4.78, 5) is 0.247. The van der Waals surface area contributed by atoms with Crippen molar-refractivity contribution in [1.29, 1.82) is 0 Å². The van der Waals surface area contributed by atoms with E-state index >= 15 is 0 Å². The summed E-state index contributed by atoms with van der Waals surface area (Å²) in [6.45, 7) is -0.133. The van der Waals surface area contributed by atoms with Gasteiger partial charge in [0.05, 0.1) is 10.1 Å². The lowest BCUT2D eigenvalue weighted by Gasteiger charge is -2.32. The number of fused-ring (bicyclic) bond motifs is 1. The number of benzene rings is 2. The normalized spacial score (nSPS) is 21.4. The zero-order valence-electron chi connectivity index (χ0n) is 11.9. The fraction of sp³-hybridized carbons (Fsp3) is 0.294. The second-order valence-electron chi connectivity index (χ2n) is 5.60. The van der Waals surface area contributed by atoms with Gasteiger partial charge in [-0.15, -0.1) is 0 Å². The molecular formula is C17H17ClO3S. The van der Waals surface area contributed by atoms with Gasteiger partial charge in [-0.1, -0.05) is 35.9 Å². The third-order valence-corrected chi connectivity index (χ3v) is 6.77. The van der Waals surface area contributed by atoms with Crippen molar-refractivity contribution in [2.45, 2.75) is 23.0 Å². The van der Waals surface area contributed by atoms with Crippen LogP contribution in [0, 0.1) is 5.92 Å². The highest BCUT2D eigenvalue weighted by Crippen LogP contribution is 2.42. The molecule has 22 heavy (non-hydrogen) atoms. The fourth-order valence-corrected chi connectivity index (χ4v) is 5.39. The molecule has 0 amide bonds. The molecule has 0 spiro atoms. The van der Waals surface area contributed by atoms with Crippen LogP contribution < -0.4 is 0 Å². The molecule has 0 bridgehead atoms. The first-order chi connectivity index (χ1) is 10.5. The average Bonchev–Trinajstić information content (AvgIpc) is 2.54. The number of halogens is 1. The molecule has 0 aliphatic heterocycles. The maximum atomic E-state index is 13.1. The summed E-state index contributed by atoms with van der Waals surface area (Å²) in [6, 6.07) is 13.8. The van der Waals surface area contributed by atoms with E-state index in [2.05, 4.69) is 0 Å². The highest BCUT2D eigenvalue weighted by Gasteiger charge is 2.39. The molecule has 2 aromatic rings. The Labute approximate surface area is 135 Å². The van der Waals surface area contributed by atoms with Crippen LogP contribution in [0.15, 0.2) is 53.4 Å². The van der Waals surface area contributed by atoms with E-state index in [1.54, 1.807) is 12.1 Å². The third kappa shape index (κ3) is 2.67. The highest BCUT2D eigenvalue weighted by molar-refractivity contribution is 7.91. The van der Waals surface area contributed by atoms with Crippen molar-refractivity contribution >= 4 is 21.4 Å². The second-order valence-corrected chi connectivity index (χ2v) is 8.11. The molecule has 2 atom stereocenters. The van der Waals surface area contributed by atoms with E-state index in [4.69, 9.17) is 11.6 Å². The van der Waals surface area contributed by atoms with Crippen molar-refractivity contribution in [2.24, 2.45) is 5.92 Å². The monoisotopic (exact) mass is 336 g/mol. The van der Waals surface area contributed by atoms with Gasteiger partial charge >= 0.3 is 0 Å². The minimum atomic E-state index is -3.57. The zero-order chi connectivity index (χ0) is 15.7. The smallest absolute Gasteiger partial charge is 0.185 e. The number of sulfone groups is 1. The minimum Gasteiger partial charge on any atom is -0.396 e. The van der Waals surface area contributed by atoms with Crippen molar-refractivity contribution in [1.82, 2.24) is 0 Å². The molecule has 0 aromatic heterocycles. The Morgan fingerprint density at radius 3 is 2.45 bits per heavy atom. The molecule has 2 aromatic carbocycles. The Bertz CT molecular complexity index is 769. The van der Waals surface area contributed by atoms with Crippen LogP contribution in [0.1, 0.15) is 22.8 Å². The molecule has 3 rings (SSSR count). The Morgan fingerprint density at radius 2 is 1.77 bits per heavy atom. The first-order valence-corrected chi connectivity index (χ1v) is 9.14. The predicted octanol–water partition coefficient (Wildman–Crippen LogP) is 3.41. The van der Waals surface area contributed by atoms with Crippen molar-refractivity contribution in [3.05, 3.63) is 64.7 Å². The average molecular weight is 337 g/mol. The molecule has 1 aliphatic rings. The van der Waals surface area contributed by atoms with Gasteiger partial charge in [-0.3, -0.25) is 0 Å². The lowest BCUT2D eigenvalue weighted by atomic mass is 9.84. The van der Waals surface area contributed by atoms with Crippen molar-refractivity contribution < 1.29 is 13.5 Å². The topological polar surface area (TPSA) is 54.4 Å². The third-order valence-electron chi connectivity index (χ3n) is 4.29. The highest BCUT2D eigenvalue weighted by atomic mass is 35.5. The molecule has 0 saturated carbocycles. The Kier molecular flexibility index (Phi) is 4.26. The molecule has 1 N–H and O–H groups in total. The van der Waals surface area contributed by atoms with E-state index < -0.39 is 15.1 Å². The van der Waals surface area contributed by atoms with E-state index in [9.17, 15) is 13.5 Å². The molecule has 2 unspecified atom stereocenters. The zero-order valence-corrected chi connectivity index (χ0v) is 13.5. The van der Waals surface area contributed by atoms with Gasteiger partial charge in [-0.2, -0.15) is 0 Å². The van der Waals surface area contributed by atoms with Crippen LogP contribution in [0.2, 0.25) is 5.02 Å². The lowest BCUT2D eigenvalue weighted by Crippen LogP contribution is -2.29. The summed E-state index contributed by atoms with van der Waals surface area (Å²) in [5.41, 5.74) is 1.86. The SMILES string of the molecule is O=S(=O)(c1ccc(Cl)cc1)C1c2ccccc2CCC1CO. The summed E-state index contributed by atoms with van der Waals surface area (Å²) in [5.74, 6) is -0.282. The van der Waals surface area contributed by atoms with E-state index in [1.807, 2.05) is 24.3 Å². The van der Waals surface area contributed by atoms with E-state index in [1.165, 1.54) is 12.1 Å². The summed E-state index contributed by atoms with van der Waals surface area (Å²) in [5, 5.41) is 9.45. The standard InChI is InChI=1S/C17H17ClO3S/c18-14-7-9-15(10-8-14)22(20,21)17-13(11-19)6-5-12-3-1-2-4-16(12)17/h1-4,7-10,13,17,19H,5-6,11H2. The maximum Gasteiger partial charge on any atom is 0.185 e. The van der Waals surface area contributed by atoms with Gasteiger partial charge in [0, 0.05) is 17.5 Å². The molecule has 0 heterocycles. The first kappa shape index (κ1) is 15.5. The quantitative estimate of drug-likeness (QED) is 0.934. The van der Waals surface area contributed by atoms with Crippen LogP contribution in [-0.4, -0.2) is 20.1 Å². The van der Waals surface area contributed by atoms with Gasteiger partial charge < -0.3 is 5.11 Å². The molecule has 5 heteroatoms. The minimum absolute atomic E-state index is 0.133. The van der Waals surface area contributed by atoms with E-state index in [0.717, 1.165) is 17.5 Å². The van der Waals surface area contributed by atoms with Crippen LogP contribution in [0.3, 0.4) is 0 Å². The largest absolute Gasteiger partial charge is 0.396 e. The number of rotatable bonds is 3. The van der Waals surface area contributed by atoms with Gasteiger partial charge in [0.1, 0.15) is 0 Å². The van der Waals surface area contributed by atoms with Crippen LogP contribution in [-0.2, 0) is 16.3 Å². The Hall–Kier alpha value is -1.36. The summed E-state index contributed by atoms with van der Waals surface area (Å²) in [7, 11) is -3.57. The molecule has 0 saturated heterocycles. The van der Waals surface area contributed by atoms with Crippen molar-refractivity contribution in [3.8, 4) is 0 Å². The summed E-state index contributed by atoms with van der Waals surface area (Å²) in [6.07, 6.45) is 1.47. The number of aliphatic hydroxyl groups is 1. The van der Waals surface area contributed by atoms with Crippen LogP contribution in [0.25, 0.3) is 0 Å². The number of hydrogen-bond donors (Lipinski definition) is 1. The molecule has 3 nitrogen and oxygen atoms in total. The van der Waals surface area contributed by atoms with Crippen LogP contribution in [0.4, 0.5) is 0 Å². The van der Waals surface area contributed by atoms with Crippen molar-refractivity contribution in [3.63, 3.8) is 0 Å². The molecule has 116 valence electrons. The van der Waals surface area contributed by atoms with Crippen molar-refractivity contribution in [2.75, 3.05) is 6.61 Å². The molecular weight excluding hydrogens is 320 g/mol. The van der Waals surface area contributed by atoms with Gasteiger partial charge in [-0.25, -0.2) is 8.42 Å². The molecule has 1 aliphatic carbocycles. The van der Waals surface area contributed by atoms with Crippen LogP contribution >= 0.6 is 11.6 Å². The van der Waals surface area contributed by atoms with Gasteiger partial charge in [-0.05, 0) is 48.2 Å². The summed E-state index contributed by atoms with van der Waals surface area (Å²) >= 11 is 5.85. The number of aliphatic hydroxyl groups excluding tert-OH is 1. The molecule has 0 radical (unpaired) electrons. The van der Waals surface area contributed by atoms with Crippen LogP contribution in [0.5, 0.6) is 0 Å². The number of aryl methyl sites for hydroxylation is 1. The lowest BCUT2D eigenvalue weighted by molar-refractivity contribution is 0.208. The Balaban J connectivity index is 2.13. The number of hydrogen-bond acceptors (Lipinski definition) is 3. The summed E-state index contributed by atoms with van der Waals surface area (Å²) < 4.78 is 26.2. The van der Waals surface area contributed by atoms with E-state index in [-0.39, 0.29) is 17.4 Å². The van der Waals surface area contributed by atoms with Gasteiger partial charge in [0.15, 0.2) is 9.84 Å². The van der Waals surface area contributed by atoms with Gasteiger partial charge in [0.2, 0.25) is 0 Å². The second kappa shape index (κ2) is 6.03. The van der Waals surface area contributed by atoms with E-state index in [0.29, 0.717) is 11.4 Å². The first-order valence-electron chi connectivity index (χ1n) is 7.22. The van der Waals surface area contributed by atoms with Gasteiger partial charge in [0.25, 0.3) is 0 Å². The molecule has 0 fully saturated rings. The predicted molar refractivity (Wildman–Crippen MR) is 86.7 cm³/mol. The fourth-order valence-electron chi connectivity index (χ4n) is 3.16. The Morgan fingerprint density at radius 1 is 1.09 bits per heavy atom. The maximum absolute atomic E-state index is 13.1.